The summed E-state index contributed by atoms with van der Waals surface area (Å²) >= 11 is 12.3. The van der Waals surface area contributed by atoms with Crippen molar-refractivity contribution in [2.75, 3.05) is 30.8 Å². The summed E-state index contributed by atoms with van der Waals surface area (Å²) in [6.07, 6.45) is 0.975. The zero-order valence-corrected chi connectivity index (χ0v) is 22.7. The van der Waals surface area contributed by atoms with E-state index in [2.05, 4.69) is 5.32 Å². The molecule has 2 aromatic rings. The SMILES string of the molecule is COc1cccc(CN(C(=O)CN(c2cc(Cl)ccc2Cl)S(C)(=O)=O)[C@@H](C)C(=O)NCC(C)C)c1. The van der Waals surface area contributed by atoms with Gasteiger partial charge in [0.05, 0.1) is 24.1 Å². The highest BCUT2D eigenvalue weighted by molar-refractivity contribution is 7.92. The Morgan fingerprint density at radius 1 is 1.09 bits per heavy atom. The molecule has 2 rings (SSSR count). The summed E-state index contributed by atoms with van der Waals surface area (Å²) in [7, 11) is -2.38. The number of benzene rings is 2. The van der Waals surface area contributed by atoms with Gasteiger partial charge in [-0.25, -0.2) is 8.42 Å². The standard InChI is InChI=1S/C24H31Cl2N3O5S/c1-16(2)13-27-24(31)17(3)28(14-18-7-6-8-20(11-18)34-4)23(30)15-29(35(5,32)33)22-12-19(25)9-10-21(22)26/h6-12,16-17H,13-15H2,1-5H3,(H,27,31)/t17-/m0/s1. The van der Waals surface area contributed by atoms with Crippen molar-refractivity contribution in [2.45, 2.75) is 33.4 Å². The molecule has 0 spiro atoms. The van der Waals surface area contributed by atoms with Gasteiger partial charge >= 0.3 is 0 Å². The number of hydrogen-bond acceptors (Lipinski definition) is 5. The number of nitrogens with zero attached hydrogens (tertiary/aromatic N) is 2. The van der Waals surface area contributed by atoms with Crippen LogP contribution in [-0.4, -0.2) is 57.6 Å². The third-order valence-electron chi connectivity index (χ3n) is 5.19. The third kappa shape index (κ3) is 8.30. The lowest BCUT2D eigenvalue weighted by atomic mass is 10.1. The minimum atomic E-state index is -3.91. The second kappa shape index (κ2) is 12.5. The second-order valence-corrected chi connectivity index (χ2v) is 11.3. The lowest BCUT2D eigenvalue weighted by Gasteiger charge is -2.32. The maximum Gasteiger partial charge on any atom is 0.244 e. The molecule has 8 nitrogen and oxygen atoms in total. The van der Waals surface area contributed by atoms with Crippen molar-refractivity contribution in [3.05, 3.63) is 58.1 Å². The molecule has 0 bridgehead atoms. The average Bonchev–Trinajstić information content (AvgIpc) is 2.79. The largest absolute Gasteiger partial charge is 0.497 e. The fourth-order valence-electron chi connectivity index (χ4n) is 3.27. The molecule has 0 aliphatic rings. The van der Waals surface area contributed by atoms with Gasteiger partial charge in [-0.15, -0.1) is 0 Å². The Hall–Kier alpha value is -2.49. The normalized spacial score (nSPS) is 12.2. The van der Waals surface area contributed by atoms with Gasteiger partial charge in [0.1, 0.15) is 18.3 Å². The first kappa shape index (κ1) is 28.7. The van der Waals surface area contributed by atoms with Gasteiger partial charge in [-0.3, -0.25) is 13.9 Å². The number of carbonyl (C=O) groups is 2. The Morgan fingerprint density at radius 2 is 1.77 bits per heavy atom. The Labute approximate surface area is 217 Å². The average molecular weight is 545 g/mol. The Kier molecular flexibility index (Phi) is 10.2. The van der Waals surface area contributed by atoms with Crippen LogP contribution in [0.3, 0.4) is 0 Å². The molecule has 0 fully saturated rings. The minimum absolute atomic E-state index is 0.0627. The van der Waals surface area contributed by atoms with Crippen LogP contribution < -0.4 is 14.4 Å². The van der Waals surface area contributed by atoms with Crippen LogP contribution in [0.1, 0.15) is 26.3 Å². The maximum absolute atomic E-state index is 13.5. The molecule has 192 valence electrons. The van der Waals surface area contributed by atoms with Gasteiger partial charge in [0.2, 0.25) is 21.8 Å². The van der Waals surface area contributed by atoms with Gasteiger partial charge in [-0.2, -0.15) is 0 Å². The highest BCUT2D eigenvalue weighted by Crippen LogP contribution is 2.31. The lowest BCUT2D eigenvalue weighted by Crippen LogP contribution is -2.51. The van der Waals surface area contributed by atoms with Crippen LogP contribution in [0.5, 0.6) is 5.75 Å². The Bertz CT molecular complexity index is 1160. The van der Waals surface area contributed by atoms with Crippen LogP contribution in [0.4, 0.5) is 5.69 Å². The summed E-state index contributed by atoms with van der Waals surface area (Å²) in [4.78, 5) is 27.7. The maximum atomic E-state index is 13.5. The minimum Gasteiger partial charge on any atom is -0.497 e. The van der Waals surface area contributed by atoms with Gasteiger partial charge in [-0.05, 0) is 48.7 Å². The molecule has 2 aromatic carbocycles. The highest BCUT2D eigenvalue weighted by Gasteiger charge is 2.31. The number of anilines is 1. The van der Waals surface area contributed by atoms with E-state index in [1.54, 1.807) is 31.2 Å². The zero-order chi connectivity index (χ0) is 26.3. The molecule has 35 heavy (non-hydrogen) atoms. The van der Waals surface area contributed by atoms with Crippen LogP contribution in [0.15, 0.2) is 42.5 Å². The van der Waals surface area contributed by atoms with Crippen molar-refractivity contribution < 1.29 is 22.7 Å². The van der Waals surface area contributed by atoms with Crippen molar-refractivity contribution in [1.82, 2.24) is 10.2 Å². The number of sulfonamides is 1. The quantitative estimate of drug-likeness (QED) is 0.462. The molecule has 0 aromatic heterocycles. The Balaban J connectivity index is 2.43. The topological polar surface area (TPSA) is 96.0 Å². The number of carbonyl (C=O) groups excluding carboxylic acids is 2. The molecule has 0 aliphatic carbocycles. The fraction of sp³-hybridized carbons (Fsp3) is 0.417. The number of hydrogen-bond donors (Lipinski definition) is 1. The molecular formula is C24H31Cl2N3O5S. The van der Waals surface area contributed by atoms with Gasteiger partial charge in [0, 0.05) is 18.1 Å². The third-order valence-corrected chi connectivity index (χ3v) is 6.88. The summed E-state index contributed by atoms with van der Waals surface area (Å²) in [5.41, 5.74) is 0.793. The van der Waals surface area contributed by atoms with E-state index in [9.17, 15) is 18.0 Å². The number of rotatable bonds is 11. The van der Waals surface area contributed by atoms with Crippen molar-refractivity contribution in [3.8, 4) is 5.75 Å². The predicted molar refractivity (Wildman–Crippen MR) is 140 cm³/mol. The first-order valence-electron chi connectivity index (χ1n) is 11.0. The fourth-order valence-corrected chi connectivity index (χ4v) is 4.56. The summed E-state index contributed by atoms with van der Waals surface area (Å²) < 4.78 is 31.4. The van der Waals surface area contributed by atoms with Gasteiger partial charge in [-0.1, -0.05) is 49.2 Å². The molecule has 0 unspecified atom stereocenters. The van der Waals surface area contributed by atoms with Gasteiger partial charge in [0.15, 0.2) is 0 Å². The summed E-state index contributed by atoms with van der Waals surface area (Å²) in [6, 6.07) is 10.6. The van der Waals surface area contributed by atoms with E-state index in [1.165, 1.54) is 30.2 Å². The van der Waals surface area contributed by atoms with Crippen LogP contribution in [0.25, 0.3) is 0 Å². The highest BCUT2D eigenvalue weighted by atomic mass is 35.5. The van der Waals surface area contributed by atoms with Crippen molar-refractivity contribution >= 4 is 50.7 Å². The van der Waals surface area contributed by atoms with E-state index in [-0.39, 0.29) is 34.1 Å². The van der Waals surface area contributed by atoms with Crippen LogP contribution in [0, 0.1) is 5.92 Å². The smallest absolute Gasteiger partial charge is 0.244 e. The van der Waals surface area contributed by atoms with E-state index in [4.69, 9.17) is 27.9 Å². The summed E-state index contributed by atoms with van der Waals surface area (Å²) in [5.74, 6) is -0.113. The molecule has 0 aliphatic heterocycles. The van der Waals surface area contributed by atoms with Crippen LogP contribution >= 0.6 is 23.2 Å². The summed E-state index contributed by atoms with van der Waals surface area (Å²) in [5, 5.41) is 3.21. The van der Waals surface area contributed by atoms with E-state index < -0.39 is 28.5 Å². The number of nitrogens with one attached hydrogen (secondary N) is 1. The molecule has 1 atom stereocenters. The first-order valence-corrected chi connectivity index (χ1v) is 13.6. The monoisotopic (exact) mass is 543 g/mol. The van der Waals surface area contributed by atoms with E-state index >= 15 is 0 Å². The first-order chi connectivity index (χ1) is 16.3. The second-order valence-electron chi connectivity index (χ2n) is 8.55. The lowest BCUT2D eigenvalue weighted by molar-refractivity contribution is -0.139. The number of amides is 2. The van der Waals surface area contributed by atoms with Crippen molar-refractivity contribution in [1.29, 1.82) is 0 Å². The molecule has 11 heteroatoms. The molecule has 0 saturated carbocycles. The molecule has 0 radical (unpaired) electrons. The van der Waals surface area contributed by atoms with Crippen molar-refractivity contribution in [3.63, 3.8) is 0 Å². The molecular weight excluding hydrogens is 513 g/mol. The molecule has 0 saturated heterocycles. The van der Waals surface area contributed by atoms with E-state index in [0.29, 0.717) is 17.9 Å². The predicted octanol–water partition coefficient (Wildman–Crippen LogP) is 3.96. The molecule has 1 N–H and O–H groups in total. The zero-order valence-electron chi connectivity index (χ0n) is 20.4. The van der Waals surface area contributed by atoms with Crippen LogP contribution in [-0.2, 0) is 26.2 Å². The summed E-state index contributed by atoms with van der Waals surface area (Å²) in [6.45, 7) is 5.46. The van der Waals surface area contributed by atoms with Crippen molar-refractivity contribution in [2.24, 2.45) is 5.92 Å². The van der Waals surface area contributed by atoms with E-state index in [0.717, 1.165) is 10.6 Å². The number of halogens is 2. The number of methoxy groups -OCH3 is 1. The van der Waals surface area contributed by atoms with Gasteiger partial charge in [0.25, 0.3) is 0 Å². The van der Waals surface area contributed by atoms with Crippen LogP contribution in [0.2, 0.25) is 10.0 Å². The Morgan fingerprint density at radius 3 is 2.37 bits per heavy atom. The molecule has 0 heterocycles. The number of ether oxygens (including phenoxy) is 1. The van der Waals surface area contributed by atoms with E-state index in [1.807, 2.05) is 13.8 Å². The van der Waals surface area contributed by atoms with Gasteiger partial charge < -0.3 is 15.0 Å². The molecule has 2 amide bonds.